The van der Waals surface area contributed by atoms with Crippen LogP contribution in [0.3, 0.4) is 0 Å². The van der Waals surface area contributed by atoms with E-state index in [1.165, 1.54) is 6.26 Å². The van der Waals surface area contributed by atoms with Gasteiger partial charge in [0.05, 0.1) is 22.6 Å². The number of hydrogen-bond acceptors (Lipinski definition) is 6. The highest BCUT2D eigenvalue weighted by Gasteiger charge is 2.41. The number of hydrogen-bond donors (Lipinski definition) is 0. The third-order valence-electron chi connectivity index (χ3n) is 4.20. The maximum Gasteiger partial charge on any atom is 0.416 e. The highest BCUT2D eigenvalue weighted by Crippen LogP contribution is 2.34. The number of nitrogens with zero attached hydrogens (tertiary/aromatic N) is 3. The summed E-state index contributed by atoms with van der Waals surface area (Å²) < 4.78 is 74.3. The molecular formula is C16H12F3N3O4S. The summed E-state index contributed by atoms with van der Waals surface area (Å²) in [5.41, 5.74) is -0.903. The average Bonchev–Trinajstić information content (AvgIpc) is 3.24. The number of sulfonamides is 1. The normalized spacial score (nSPS) is 16.4. The number of furan rings is 1. The fourth-order valence-corrected chi connectivity index (χ4v) is 4.19. The lowest BCUT2D eigenvalue weighted by atomic mass is 10.0. The van der Waals surface area contributed by atoms with Crippen LogP contribution in [-0.4, -0.2) is 36.0 Å². The van der Waals surface area contributed by atoms with Crippen LogP contribution in [0.15, 0.2) is 56.5 Å². The molecule has 0 amide bonds. The van der Waals surface area contributed by atoms with Gasteiger partial charge in [-0.15, -0.1) is 0 Å². The van der Waals surface area contributed by atoms with Crippen LogP contribution >= 0.6 is 0 Å². The Morgan fingerprint density at radius 2 is 1.81 bits per heavy atom. The summed E-state index contributed by atoms with van der Waals surface area (Å²) in [6.07, 6.45) is -3.05. The Hall–Kier alpha value is -2.66. The summed E-state index contributed by atoms with van der Waals surface area (Å²) in [4.78, 5) is 3.99. The molecule has 142 valence electrons. The molecule has 3 heterocycles. The fourth-order valence-electron chi connectivity index (χ4n) is 2.66. The van der Waals surface area contributed by atoms with Gasteiger partial charge in [-0.05, 0) is 36.4 Å². The first-order chi connectivity index (χ1) is 12.7. The van der Waals surface area contributed by atoms with Crippen LogP contribution in [0.1, 0.15) is 17.4 Å². The largest absolute Gasteiger partial charge is 0.461 e. The molecule has 11 heteroatoms. The highest BCUT2D eigenvalue weighted by molar-refractivity contribution is 7.89. The second kappa shape index (κ2) is 6.20. The first-order valence-corrected chi connectivity index (χ1v) is 9.24. The van der Waals surface area contributed by atoms with Crippen molar-refractivity contribution in [2.24, 2.45) is 0 Å². The molecule has 0 atom stereocenters. The first kappa shape index (κ1) is 17.7. The van der Waals surface area contributed by atoms with Gasteiger partial charge in [0.1, 0.15) is 0 Å². The predicted molar refractivity (Wildman–Crippen MR) is 84.9 cm³/mol. The van der Waals surface area contributed by atoms with Crippen LogP contribution in [0.25, 0.3) is 11.6 Å². The van der Waals surface area contributed by atoms with Gasteiger partial charge in [-0.2, -0.15) is 22.5 Å². The lowest BCUT2D eigenvalue weighted by molar-refractivity contribution is -0.137. The molecule has 0 bridgehead atoms. The molecule has 0 saturated carbocycles. The van der Waals surface area contributed by atoms with E-state index in [0.29, 0.717) is 5.76 Å². The van der Waals surface area contributed by atoms with Crippen molar-refractivity contribution < 1.29 is 30.5 Å². The Morgan fingerprint density at radius 3 is 2.41 bits per heavy atom. The van der Waals surface area contributed by atoms with Crippen LogP contribution < -0.4 is 0 Å². The van der Waals surface area contributed by atoms with Crippen molar-refractivity contribution in [3.8, 4) is 11.6 Å². The molecule has 3 aromatic rings. The van der Waals surface area contributed by atoms with Crippen molar-refractivity contribution >= 4 is 10.0 Å². The maximum absolute atomic E-state index is 12.6. The summed E-state index contributed by atoms with van der Waals surface area (Å²) in [5.74, 6) is 0.684. The van der Waals surface area contributed by atoms with Gasteiger partial charge in [-0.3, -0.25) is 0 Å². The minimum absolute atomic E-state index is 0.100. The van der Waals surface area contributed by atoms with Crippen LogP contribution in [0, 0.1) is 0 Å². The van der Waals surface area contributed by atoms with Crippen LogP contribution in [0.5, 0.6) is 0 Å². The van der Waals surface area contributed by atoms with Gasteiger partial charge < -0.3 is 8.94 Å². The predicted octanol–water partition coefficient (Wildman–Crippen LogP) is 3.14. The molecule has 7 nitrogen and oxygen atoms in total. The fraction of sp³-hybridized carbons (Fsp3) is 0.250. The van der Waals surface area contributed by atoms with E-state index in [2.05, 4.69) is 10.1 Å². The molecule has 1 aliphatic heterocycles. The molecule has 2 aromatic heterocycles. The maximum atomic E-state index is 12.6. The van der Waals surface area contributed by atoms with Crippen molar-refractivity contribution in [2.45, 2.75) is 17.0 Å². The molecule has 1 saturated heterocycles. The van der Waals surface area contributed by atoms with Crippen LogP contribution in [-0.2, 0) is 16.2 Å². The number of rotatable bonds is 4. The molecule has 1 fully saturated rings. The first-order valence-electron chi connectivity index (χ1n) is 7.80. The standard InChI is InChI=1S/C16H12F3N3O4S/c17-16(18,19)11-3-5-12(6-4-11)27(23,24)22-8-10(9-22)15-20-14(21-26-15)13-2-1-7-25-13/h1-7,10H,8-9H2. The van der Waals surface area contributed by atoms with Gasteiger partial charge in [-0.1, -0.05) is 5.16 Å². The van der Waals surface area contributed by atoms with Crippen molar-refractivity contribution in [2.75, 3.05) is 13.1 Å². The molecule has 1 aliphatic rings. The third kappa shape index (κ3) is 3.23. The molecule has 0 radical (unpaired) electrons. The number of aromatic nitrogens is 2. The summed E-state index contributed by atoms with van der Waals surface area (Å²) in [5, 5.41) is 3.79. The van der Waals surface area contributed by atoms with Crippen LogP contribution in [0.4, 0.5) is 13.2 Å². The Labute approximate surface area is 151 Å². The Kier molecular flexibility index (Phi) is 4.07. The van der Waals surface area contributed by atoms with Gasteiger partial charge in [0.15, 0.2) is 5.76 Å². The van der Waals surface area contributed by atoms with E-state index in [9.17, 15) is 21.6 Å². The van der Waals surface area contributed by atoms with E-state index in [0.717, 1.165) is 28.6 Å². The summed E-state index contributed by atoms with van der Waals surface area (Å²) in [7, 11) is -3.88. The lowest BCUT2D eigenvalue weighted by Crippen LogP contribution is -2.48. The van der Waals surface area contributed by atoms with Crippen molar-refractivity contribution in [1.82, 2.24) is 14.4 Å². The summed E-state index contributed by atoms with van der Waals surface area (Å²) in [6, 6.07) is 6.74. The summed E-state index contributed by atoms with van der Waals surface area (Å²) >= 11 is 0. The third-order valence-corrected chi connectivity index (χ3v) is 6.05. The monoisotopic (exact) mass is 399 g/mol. The topological polar surface area (TPSA) is 89.4 Å². The Balaban J connectivity index is 1.45. The number of alkyl halides is 3. The van der Waals surface area contributed by atoms with E-state index in [4.69, 9.17) is 8.94 Å². The van der Waals surface area contributed by atoms with E-state index in [-0.39, 0.29) is 35.6 Å². The molecule has 0 unspecified atom stereocenters. The van der Waals surface area contributed by atoms with Crippen LogP contribution in [0.2, 0.25) is 0 Å². The molecule has 0 aliphatic carbocycles. The summed E-state index contributed by atoms with van der Waals surface area (Å²) in [6.45, 7) is 0.201. The zero-order valence-electron chi connectivity index (χ0n) is 13.5. The van der Waals surface area contributed by atoms with Gasteiger partial charge >= 0.3 is 6.18 Å². The minimum atomic E-state index is -4.52. The van der Waals surface area contributed by atoms with E-state index in [1.807, 2.05) is 0 Å². The quantitative estimate of drug-likeness (QED) is 0.670. The molecule has 4 rings (SSSR count). The average molecular weight is 399 g/mol. The molecular weight excluding hydrogens is 387 g/mol. The number of halogens is 3. The Bertz CT molecular complexity index is 1040. The van der Waals surface area contributed by atoms with E-state index in [1.54, 1.807) is 12.1 Å². The lowest BCUT2D eigenvalue weighted by Gasteiger charge is -2.35. The van der Waals surface area contributed by atoms with Gasteiger partial charge in [0, 0.05) is 13.1 Å². The number of benzene rings is 1. The van der Waals surface area contributed by atoms with Crippen molar-refractivity contribution in [3.05, 3.63) is 54.1 Å². The Morgan fingerprint density at radius 1 is 1.11 bits per heavy atom. The second-order valence-corrected chi connectivity index (χ2v) is 7.91. The SMILES string of the molecule is O=S(=O)(c1ccc(C(F)(F)F)cc1)N1CC(c2nc(-c3ccco3)no2)C1. The van der Waals surface area contributed by atoms with E-state index < -0.39 is 21.8 Å². The molecule has 27 heavy (non-hydrogen) atoms. The van der Waals surface area contributed by atoms with Gasteiger partial charge in [0.2, 0.25) is 21.7 Å². The zero-order chi connectivity index (χ0) is 19.2. The molecule has 0 N–H and O–H groups in total. The minimum Gasteiger partial charge on any atom is -0.461 e. The van der Waals surface area contributed by atoms with Gasteiger partial charge in [0.25, 0.3) is 0 Å². The van der Waals surface area contributed by atoms with E-state index >= 15 is 0 Å². The molecule has 1 aromatic carbocycles. The highest BCUT2D eigenvalue weighted by atomic mass is 32.2. The smallest absolute Gasteiger partial charge is 0.416 e. The zero-order valence-corrected chi connectivity index (χ0v) is 14.4. The van der Waals surface area contributed by atoms with Crippen molar-refractivity contribution in [3.63, 3.8) is 0 Å². The molecule has 0 spiro atoms. The van der Waals surface area contributed by atoms with Crippen molar-refractivity contribution in [1.29, 1.82) is 0 Å². The second-order valence-electron chi connectivity index (χ2n) is 5.97. The van der Waals surface area contributed by atoms with Gasteiger partial charge in [-0.25, -0.2) is 8.42 Å².